The zero-order valence-electron chi connectivity index (χ0n) is 14.1. The Balaban J connectivity index is 2.01. The van der Waals surface area contributed by atoms with Crippen LogP contribution in [0, 0.1) is 12.1 Å². The third-order valence-electron chi connectivity index (χ3n) is 4.23. The van der Waals surface area contributed by atoms with E-state index in [9.17, 15) is 18.4 Å². The zero-order chi connectivity index (χ0) is 19.1. The van der Waals surface area contributed by atoms with Crippen LogP contribution in [-0.4, -0.2) is 37.1 Å². The predicted octanol–water partition coefficient (Wildman–Crippen LogP) is 1.98. The first kappa shape index (κ1) is 18.3. The number of rotatable bonds is 5. The molecule has 8 nitrogen and oxygen atoms in total. The summed E-state index contributed by atoms with van der Waals surface area (Å²) in [4.78, 5) is 12.1. The van der Waals surface area contributed by atoms with Crippen molar-refractivity contribution in [3.8, 4) is 0 Å². The molecule has 1 saturated heterocycles. The molecule has 1 unspecified atom stereocenters. The van der Waals surface area contributed by atoms with Crippen molar-refractivity contribution < 1.29 is 23.2 Å². The molecule has 3 rings (SSSR count). The summed E-state index contributed by atoms with van der Waals surface area (Å²) in [5, 5.41) is 19.8. The summed E-state index contributed by atoms with van der Waals surface area (Å²) in [6.07, 6.45) is 0. The highest BCUT2D eigenvalue weighted by molar-refractivity contribution is 7.89. The van der Waals surface area contributed by atoms with Crippen LogP contribution in [0.3, 0.4) is 0 Å². The van der Waals surface area contributed by atoms with Crippen molar-refractivity contribution in [3.63, 3.8) is 0 Å². The molecule has 1 N–H and O–H groups in total. The molecule has 0 saturated carbocycles. The fourth-order valence-electron chi connectivity index (χ4n) is 2.85. The van der Waals surface area contributed by atoms with Gasteiger partial charge in [0, 0.05) is 0 Å². The van der Waals surface area contributed by atoms with E-state index in [4.69, 9.17) is 9.94 Å². The highest BCUT2D eigenvalue weighted by Gasteiger charge is 2.61. The molecule has 9 heteroatoms. The minimum absolute atomic E-state index is 0.0586. The van der Waals surface area contributed by atoms with Gasteiger partial charge in [-0.2, -0.15) is 4.31 Å². The lowest BCUT2D eigenvalue weighted by atomic mass is 10.1. The summed E-state index contributed by atoms with van der Waals surface area (Å²) in [7, 11) is -2.76. The van der Waals surface area contributed by atoms with Crippen molar-refractivity contribution in [1.82, 2.24) is 4.31 Å². The van der Waals surface area contributed by atoms with Crippen LogP contribution in [0.25, 0.3) is 0 Å². The lowest BCUT2D eigenvalue weighted by Gasteiger charge is -2.21. The quantitative estimate of drug-likeness (QED) is 0.482. The van der Waals surface area contributed by atoms with Gasteiger partial charge in [0.1, 0.15) is 6.04 Å². The van der Waals surface area contributed by atoms with Crippen molar-refractivity contribution in [1.29, 1.82) is 0 Å². The molecule has 1 aliphatic heterocycles. The van der Waals surface area contributed by atoms with E-state index in [-0.39, 0.29) is 15.8 Å². The van der Waals surface area contributed by atoms with Crippen LogP contribution in [0.5, 0.6) is 0 Å². The lowest BCUT2D eigenvalue weighted by molar-refractivity contribution is -0.140. The Kier molecular flexibility index (Phi) is 4.72. The van der Waals surface area contributed by atoms with Crippen LogP contribution in [0.1, 0.15) is 17.2 Å². The van der Waals surface area contributed by atoms with Gasteiger partial charge in [0.25, 0.3) is 0 Å². The largest absolute Gasteiger partial charge is 0.733 e. The van der Waals surface area contributed by atoms with Crippen molar-refractivity contribution in [2.45, 2.75) is 23.9 Å². The third kappa shape index (κ3) is 3.17. The number of hydrogen-bond acceptors (Lipinski definition) is 7. The zero-order valence-corrected chi connectivity index (χ0v) is 14.9. The van der Waals surface area contributed by atoms with Crippen LogP contribution in [0.15, 0.2) is 53.4 Å². The molecular formula is C17H17N2O6S-. The Bertz CT molecular complexity index is 927. The number of sulfonamides is 1. The number of esters is 1. The topological polar surface area (TPSA) is 110 Å². The first-order valence-corrected chi connectivity index (χ1v) is 9.15. The number of carbonyl (C=O) groups excluding carboxylic acids is 1. The molecule has 0 radical (unpaired) electrons. The number of ether oxygens (including phenoxy) is 1. The standard InChI is InChI=1S/C17H17N2O6S/c1-11-6-8-14(9-7-11)26(23,24)18-15(16(18)17(20)25-2)12-4-3-5-13(10-12)19(21)22/h3-10,15-16,21H,1-2H3/q-1/t15-,16+,18?/m0/s1. The number of nitrogens with zero attached hydrogens (tertiary/aromatic N) is 2. The number of aryl methyl sites for hydroxylation is 1. The van der Waals surface area contributed by atoms with Gasteiger partial charge in [-0.3, -0.25) is 10.0 Å². The molecule has 138 valence electrons. The maximum Gasteiger partial charge on any atom is 0.326 e. The Labute approximate surface area is 150 Å². The van der Waals surface area contributed by atoms with E-state index >= 15 is 0 Å². The molecule has 2 aromatic carbocycles. The van der Waals surface area contributed by atoms with Gasteiger partial charge in [0.2, 0.25) is 10.0 Å². The normalized spacial score (nSPS) is 21.9. The predicted molar refractivity (Wildman–Crippen MR) is 92.8 cm³/mol. The fourth-order valence-corrected chi connectivity index (χ4v) is 4.56. The average molecular weight is 377 g/mol. The van der Waals surface area contributed by atoms with E-state index < -0.39 is 28.1 Å². The Hall–Kier alpha value is -2.46. The molecule has 0 spiro atoms. The van der Waals surface area contributed by atoms with Gasteiger partial charge in [-0.05, 0) is 36.8 Å². The highest BCUT2D eigenvalue weighted by Crippen LogP contribution is 2.48. The van der Waals surface area contributed by atoms with Crippen molar-refractivity contribution >= 4 is 21.7 Å². The van der Waals surface area contributed by atoms with Crippen LogP contribution in [0.2, 0.25) is 0 Å². The minimum Gasteiger partial charge on any atom is -0.733 e. The van der Waals surface area contributed by atoms with Gasteiger partial charge in [-0.1, -0.05) is 29.8 Å². The van der Waals surface area contributed by atoms with E-state index in [1.54, 1.807) is 18.2 Å². The first-order chi connectivity index (χ1) is 12.3. The maximum absolute atomic E-state index is 12.9. The van der Waals surface area contributed by atoms with E-state index in [0.717, 1.165) is 9.87 Å². The van der Waals surface area contributed by atoms with Gasteiger partial charge in [0.15, 0.2) is 0 Å². The summed E-state index contributed by atoms with van der Waals surface area (Å²) in [5.41, 5.74) is 1.25. The smallest absolute Gasteiger partial charge is 0.326 e. The SMILES string of the molecule is COC(=O)[C@H]1[C@H](c2cccc(N([O-])O)c2)N1S(=O)(=O)c1ccc(C)cc1. The maximum atomic E-state index is 12.9. The molecule has 0 aromatic heterocycles. The highest BCUT2D eigenvalue weighted by atomic mass is 32.2. The average Bonchev–Trinajstić information content (AvgIpc) is 3.38. The Morgan fingerprint density at radius 2 is 1.88 bits per heavy atom. The van der Waals surface area contributed by atoms with Crippen LogP contribution in [-0.2, 0) is 19.6 Å². The number of benzene rings is 2. The second-order valence-electron chi connectivity index (χ2n) is 5.93. The van der Waals surface area contributed by atoms with Crippen molar-refractivity contribution in [2.75, 3.05) is 12.3 Å². The summed E-state index contributed by atoms with van der Waals surface area (Å²) in [6.45, 7) is 1.84. The van der Waals surface area contributed by atoms with E-state index in [1.807, 2.05) is 6.92 Å². The van der Waals surface area contributed by atoms with Crippen molar-refractivity contribution in [3.05, 3.63) is 64.9 Å². The Morgan fingerprint density at radius 3 is 2.46 bits per heavy atom. The minimum atomic E-state index is -3.94. The number of hydrogen-bond donors (Lipinski definition) is 1. The molecule has 1 fully saturated rings. The van der Waals surface area contributed by atoms with Crippen LogP contribution in [0.4, 0.5) is 5.69 Å². The van der Waals surface area contributed by atoms with E-state index in [1.165, 1.54) is 37.4 Å². The molecule has 0 aliphatic carbocycles. The molecule has 0 amide bonds. The third-order valence-corrected chi connectivity index (χ3v) is 6.11. The summed E-state index contributed by atoms with van der Waals surface area (Å²) in [5.74, 6) is -0.695. The van der Waals surface area contributed by atoms with Gasteiger partial charge in [-0.15, -0.1) is 0 Å². The molecule has 2 aromatic rings. The molecule has 0 bridgehead atoms. The molecule has 3 atom stereocenters. The summed E-state index contributed by atoms with van der Waals surface area (Å²) < 4.78 is 31.6. The van der Waals surface area contributed by atoms with Gasteiger partial charge >= 0.3 is 5.97 Å². The molecule has 1 aliphatic rings. The molecule has 26 heavy (non-hydrogen) atoms. The van der Waals surface area contributed by atoms with E-state index in [2.05, 4.69) is 0 Å². The van der Waals surface area contributed by atoms with Gasteiger partial charge in [-0.25, -0.2) is 8.42 Å². The second kappa shape index (κ2) is 6.69. The first-order valence-electron chi connectivity index (χ1n) is 7.71. The van der Waals surface area contributed by atoms with E-state index in [0.29, 0.717) is 5.56 Å². The number of methoxy groups -OCH3 is 1. The number of carbonyl (C=O) groups is 1. The fraction of sp³-hybridized carbons (Fsp3) is 0.235. The van der Waals surface area contributed by atoms with Gasteiger partial charge in [0.05, 0.1) is 23.7 Å². The van der Waals surface area contributed by atoms with Crippen LogP contribution >= 0.6 is 0 Å². The Morgan fingerprint density at radius 1 is 1.23 bits per heavy atom. The second-order valence-corrected chi connectivity index (χ2v) is 7.77. The monoisotopic (exact) mass is 377 g/mol. The summed E-state index contributed by atoms with van der Waals surface area (Å²) in [6, 6.07) is 10.2. The van der Waals surface area contributed by atoms with Gasteiger partial charge < -0.3 is 15.2 Å². The van der Waals surface area contributed by atoms with Crippen molar-refractivity contribution in [2.24, 2.45) is 0 Å². The molecular weight excluding hydrogens is 360 g/mol. The lowest BCUT2D eigenvalue weighted by Crippen LogP contribution is -2.20. The van der Waals surface area contributed by atoms with Crippen LogP contribution < -0.4 is 5.23 Å². The molecule has 1 heterocycles. The summed E-state index contributed by atoms with van der Waals surface area (Å²) >= 11 is 0. The number of anilines is 1.